The van der Waals surface area contributed by atoms with E-state index in [9.17, 15) is 39.6 Å². The van der Waals surface area contributed by atoms with Crippen LogP contribution in [0.25, 0.3) is 0 Å². The van der Waals surface area contributed by atoms with Crippen LogP contribution in [0.1, 0.15) is 65.7 Å². The number of nitrogens with zero attached hydrogens (tertiary/aromatic N) is 1. The number of hydrogen-bond donors (Lipinski definition) is 2. The summed E-state index contributed by atoms with van der Waals surface area (Å²) >= 11 is 0. The van der Waals surface area contributed by atoms with Crippen LogP contribution in [0.5, 0.6) is 0 Å². The van der Waals surface area contributed by atoms with E-state index in [2.05, 4.69) is 5.32 Å². The van der Waals surface area contributed by atoms with Gasteiger partial charge in [-0.3, -0.25) is 9.52 Å². The normalized spacial score (nSPS) is 21.1. The van der Waals surface area contributed by atoms with Gasteiger partial charge in [-0.25, -0.2) is 21.6 Å². The van der Waals surface area contributed by atoms with Crippen molar-refractivity contribution in [3.63, 3.8) is 0 Å². The molecular formula is C27H40F3N3O7S2. The van der Waals surface area contributed by atoms with E-state index in [-0.39, 0.29) is 40.1 Å². The minimum atomic E-state index is -4.92. The Kier molecular flexibility index (Phi) is 10.5. The Morgan fingerprint density at radius 3 is 2.02 bits per heavy atom. The van der Waals surface area contributed by atoms with Gasteiger partial charge in [0, 0.05) is 18.8 Å². The molecule has 1 aromatic rings. The summed E-state index contributed by atoms with van der Waals surface area (Å²) in [6.45, 7) is 5.19. The molecule has 2 fully saturated rings. The number of anilines is 1. The van der Waals surface area contributed by atoms with Gasteiger partial charge >= 0.3 is 12.3 Å². The van der Waals surface area contributed by atoms with E-state index >= 15 is 0 Å². The summed E-state index contributed by atoms with van der Waals surface area (Å²) in [7, 11) is -6.74. The van der Waals surface area contributed by atoms with Crippen LogP contribution < -0.4 is 10.0 Å². The second-order valence-electron chi connectivity index (χ2n) is 12.2. The zero-order valence-corrected chi connectivity index (χ0v) is 25.9. The van der Waals surface area contributed by atoms with Crippen molar-refractivity contribution >= 4 is 37.5 Å². The molecule has 2 aliphatic rings. The third-order valence-electron chi connectivity index (χ3n) is 7.57. The van der Waals surface area contributed by atoms with Gasteiger partial charge in [-0.15, -0.1) is 0 Å². The monoisotopic (exact) mass is 639 g/mol. The molecule has 2 N–H and O–H groups in total. The second-order valence-corrected chi connectivity index (χ2v) is 16.0. The summed E-state index contributed by atoms with van der Waals surface area (Å²) in [5.74, 6) is -2.83. The molecule has 0 aromatic heterocycles. The maximum absolute atomic E-state index is 13.4. The predicted octanol–water partition coefficient (Wildman–Crippen LogP) is 4.47. The number of sulfone groups is 1. The van der Waals surface area contributed by atoms with Crippen molar-refractivity contribution in [2.75, 3.05) is 23.3 Å². The first-order valence-corrected chi connectivity index (χ1v) is 17.2. The summed E-state index contributed by atoms with van der Waals surface area (Å²) in [5.41, 5.74) is -0.923. The molecule has 0 spiro atoms. The number of sulfonamides is 1. The predicted molar refractivity (Wildman–Crippen MR) is 151 cm³/mol. The molecule has 1 aromatic carbocycles. The van der Waals surface area contributed by atoms with Crippen molar-refractivity contribution in [3.05, 3.63) is 24.3 Å². The highest BCUT2D eigenvalue weighted by molar-refractivity contribution is 7.92. The molecule has 10 nitrogen and oxygen atoms in total. The number of hydrogen-bond acceptors (Lipinski definition) is 7. The third kappa shape index (κ3) is 10.0. The maximum atomic E-state index is 13.4. The highest BCUT2D eigenvalue weighted by Gasteiger charge is 2.39. The molecule has 0 saturated heterocycles. The molecule has 2 aliphatic carbocycles. The minimum absolute atomic E-state index is 0.0786. The van der Waals surface area contributed by atoms with Crippen LogP contribution in [0.15, 0.2) is 29.2 Å². The highest BCUT2D eigenvalue weighted by atomic mass is 32.2. The Bertz CT molecular complexity index is 1320. The first-order chi connectivity index (χ1) is 19.2. The van der Waals surface area contributed by atoms with Gasteiger partial charge in [-0.2, -0.15) is 13.2 Å². The van der Waals surface area contributed by atoms with E-state index in [1.54, 1.807) is 37.4 Å². The lowest BCUT2D eigenvalue weighted by Crippen LogP contribution is -2.55. The summed E-state index contributed by atoms with van der Waals surface area (Å²) in [4.78, 5) is 27.6. The van der Waals surface area contributed by atoms with Gasteiger partial charge < -0.3 is 15.0 Å². The van der Waals surface area contributed by atoms with Crippen molar-refractivity contribution < 1.29 is 44.3 Å². The Balaban J connectivity index is 1.62. The van der Waals surface area contributed by atoms with Gasteiger partial charge in [0.25, 0.3) is 0 Å². The smallest absolute Gasteiger partial charge is 0.408 e. The van der Waals surface area contributed by atoms with Crippen molar-refractivity contribution in [3.8, 4) is 0 Å². The first kappa shape index (κ1) is 33.9. The van der Waals surface area contributed by atoms with E-state index < -0.39 is 49.5 Å². The van der Waals surface area contributed by atoms with E-state index in [1.807, 2.05) is 0 Å². The summed E-state index contributed by atoms with van der Waals surface area (Å²) in [6.07, 6.45) is -0.689. The number of carbonyl (C=O) groups excluding carboxylic acids is 2. The molecule has 0 aliphatic heterocycles. The summed E-state index contributed by atoms with van der Waals surface area (Å²) in [5, 5.41) is 2.77. The van der Waals surface area contributed by atoms with Crippen molar-refractivity contribution in [2.24, 2.45) is 11.8 Å². The number of rotatable bonds is 10. The van der Waals surface area contributed by atoms with Crippen LogP contribution in [-0.2, 0) is 29.4 Å². The van der Waals surface area contributed by atoms with Gasteiger partial charge in [0.05, 0.1) is 10.6 Å². The Hall–Kier alpha value is -2.55. The number of alkyl halides is 3. The molecule has 0 heterocycles. The number of benzene rings is 1. The fourth-order valence-electron chi connectivity index (χ4n) is 5.25. The number of amides is 2. The number of likely N-dealkylation sites (N-methyl/N-ethyl adjacent to an activating group) is 1. The van der Waals surface area contributed by atoms with Gasteiger partial charge in [0.2, 0.25) is 15.9 Å². The number of carbonyl (C=O) groups is 2. The molecule has 238 valence electrons. The lowest BCUT2D eigenvalue weighted by molar-refractivity contribution is -0.137. The average molecular weight is 640 g/mol. The molecule has 2 saturated carbocycles. The molecule has 0 bridgehead atoms. The average Bonchev–Trinajstić information content (AvgIpc) is 2.78. The zero-order chi connectivity index (χ0) is 31.5. The molecule has 3 rings (SSSR count). The fourth-order valence-corrected chi connectivity index (χ4v) is 7.94. The number of halogens is 3. The van der Waals surface area contributed by atoms with Crippen molar-refractivity contribution in [1.82, 2.24) is 10.2 Å². The molecule has 2 amide bonds. The van der Waals surface area contributed by atoms with Crippen LogP contribution in [-0.4, -0.2) is 76.2 Å². The maximum Gasteiger partial charge on any atom is 0.408 e. The second kappa shape index (κ2) is 13.0. The third-order valence-corrected chi connectivity index (χ3v) is 10.7. The van der Waals surface area contributed by atoms with Crippen molar-refractivity contribution in [1.29, 1.82) is 0 Å². The minimum Gasteiger partial charge on any atom is -0.444 e. The summed E-state index contributed by atoms with van der Waals surface area (Å²) < 4.78 is 94.1. The van der Waals surface area contributed by atoms with E-state index in [1.165, 1.54) is 0 Å². The molecular weight excluding hydrogens is 599 g/mol. The highest BCUT2D eigenvalue weighted by Crippen LogP contribution is 2.35. The quantitative estimate of drug-likeness (QED) is 0.385. The number of ether oxygens (including phenoxy) is 1. The zero-order valence-electron chi connectivity index (χ0n) is 24.2. The molecule has 42 heavy (non-hydrogen) atoms. The Morgan fingerprint density at radius 2 is 1.55 bits per heavy atom. The molecule has 0 radical (unpaired) electrons. The Labute approximate surface area is 245 Å². The van der Waals surface area contributed by atoms with E-state index in [0.717, 1.165) is 43.5 Å². The molecule has 15 heteroatoms. The standard InChI is InChI=1S/C27H40F3N3O7S2/c1-26(2,3)40-25(35)31-23(24(34)33(4)21-6-5-7-21)19-10-8-18(9-11-19)16-41(36,37)22-14-12-20(13-15-22)32-42(38,39)17-27(28,29)30/h12-15,18-19,21,23,32H,5-11,16-17H2,1-4H3,(H,31,35)/t18?,19?,23-/m0/s1. The van der Waals surface area contributed by atoms with E-state index in [4.69, 9.17) is 4.74 Å². The largest absolute Gasteiger partial charge is 0.444 e. The van der Waals surface area contributed by atoms with Gasteiger partial charge in [-0.05, 0) is 102 Å². The number of alkyl carbamates (subject to hydrolysis) is 1. The molecule has 1 atom stereocenters. The fraction of sp³-hybridized carbons (Fsp3) is 0.704. The van der Waals surface area contributed by atoms with Crippen LogP contribution in [0.4, 0.5) is 23.7 Å². The van der Waals surface area contributed by atoms with Crippen LogP contribution in [0, 0.1) is 11.8 Å². The van der Waals surface area contributed by atoms with Crippen LogP contribution >= 0.6 is 0 Å². The van der Waals surface area contributed by atoms with Gasteiger partial charge in [0.1, 0.15) is 11.6 Å². The summed E-state index contributed by atoms with van der Waals surface area (Å²) in [6, 6.07) is 3.86. The van der Waals surface area contributed by atoms with E-state index in [0.29, 0.717) is 25.7 Å². The molecule has 0 unspecified atom stereocenters. The van der Waals surface area contributed by atoms with Gasteiger partial charge in [-0.1, -0.05) is 0 Å². The first-order valence-electron chi connectivity index (χ1n) is 13.9. The lowest BCUT2D eigenvalue weighted by Gasteiger charge is -2.40. The van der Waals surface area contributed by atoms with Crippen LogP contribution in [0.2, 0.25) is 0 Å². The van der Waals surface area contributed by atoms with Gasteiger partial charge in [0.15, 0.2) is 15.6 Å². The van der Waals surface area contributed by atoms with Crippen molar-refractivity contribution in [2.45, 2.75) is 94.5 Å². The topological polar surface area (TPSA) is 139 Å². The SMILES string of the molecule is CN(C(=O)[C@@H](NC(=O)OC(C)(C)C)C1CCC(CS(=O)(=O)c2ccc(NS(=O)(=O)CC(F)(F)F)cc2)CC1)C1CCC1. The van der Waals surface area contributed by atoms with Crippen LogP contribution in [0.3, 0.4) is 0 Å². The number of nitrogens with one attached hydrogen (secondary N) is 2. The lowest BCUT2D eigenvalue weighted by atomic mass is 9.78. The Morgan fingerprint density at radius 1 is 0.976 bits per heavy atom.